The van der Waals surface area contributed by atoms with E-state index in [4.69, 9.17) is 5.73 Å². The number of aromatic nitrogens is 1. The van der Waals surface area contributed by atoms with Crippen LogP contribution in [0.4, 0.5) is 0 Å². The fraction of sp³-hybridized carbons (Fsp3) is 0.222. The monoisotopic (exact) mass is 310 g/mol. The standard InChI is InChI=1S/C18H18N2OS/c1-18(2,3)12-5-6-13(17(19)21)14(9-12)11-4-7-16-15(8-11)20-10-22-16/h4-10H,1-3H3,(H2,19,21). The van der Waals surface area contributed by atoms with Crippen LogP contribution < -0.4 is 5.73 Å². The van der Waals surface area contributed by atoms with Crippen LogP contribution in [0.1, 0.15) is 36.7 Å². The average Bonchev–Trinajstić information content (AvgIpc) is 2.92. The van der Waals surface area contributed by atoms with Crippen molar-refractivity contribution in [2.45, 2.75) is 26.2 Å². The van der Waals surface area contributed by atoms with Gasteiger partial charge in [-0.25, -0.2) is 4.98 Å². The zero-order valence-electron chi connectivity index (χ0n) is 12.9. The molecule has 22 heavy (non-hydrogen) atoms. The van der Waals surface area contributed by atoms with Gasteiger partial charge in [0.1, 0.15) is 0 Å². The van der Waals surface area contributed by atoms with E-state index in [2.05, 4.69) is 31.8 Å². The largest absolute Gasteiger partial charge is 0.366 e. The van der Waals surface area contributed by atoms with Gasteiger partial charge < -0.3 is 5.73 Å². The van der Waals surface area contributed by atoms with Crippen LogP contribution in [-0.2, 0) is 5.41 Å². The van der Waals surface area contributed by atoms with Gasteiger partial charge >= 0.3 is 0 Å². The Bertz CT molecular complexity index is 859. The van der Waals surface area contributed by atoms with Gasteiger partial charge in [0.25, 0.3) is 0 Å². The molecular weight excluding hydrogens is 292 g/mol. The minimum atomic E-state index is -0.408. The van der Waals surface area contributed by atoms with E-state index in [-0.39, 0.29) is 5.41 Å². The fourth-order valence-electron chi connectivity index (χ4n) is 2.49. The van der Waals surface area contributed by atoms with Crippen LogP contribution in [0.25, 0.3) is 21.3 Å². The number of primary amides is 1. The highest BCUT2D eigenvalue weighted by Crippen LogP contribution is 2.32. The maximum Gasteiger partial charge on any atom is 0.249 e. The third kappa shape index (κ3) is 2.62. The fourth-order valence-corrected chi connectivity index (χ4v) is 3.15. The van der Waals surface area contributed by atoms with Crippen molar-refractivity contribution in [3.63, 3.8) is 0 Å². The number of nitrogens with two attached hydrogens (primary N) is 1. The SMILES string of the molecule is CC(C)(C)c1ccc(C(N)=O)c(-c2ccc3scnc3c2)c1. The molecule has 0 aliphatic heterocycles. The number of hydrogen-bond donors (Lipinski definition) is 1. The molecule has 0 aliphatic rings. The molecule has 2 aromatic carbocycles. The molecule has 2 N–H and O–H groups in total. The second-order valence-electron chi connectivity index (χ2n) is 6.41. The molecular formula is C18H18N2OS. The van der Waals surface area contributed by atoms with Crippen molar-refractivity contribution >= 4 is 27.5 Å². The molecule has 0 atom stereocenters. The summed E-state index contributed by atoms with van der Waals surface area (Å²) in [4.78, 5) is 16.1. The van der Waals surface area contributed by atoms with Gasteiger partial charge in [-0.2, -0.15) is 0 Å². The van der Waals surface area contributed by atoms with Crippen molar-refractivity contribution in [3.05, 3.63) is 53.0 Å². The summed E-state index contributed by atoms with van der Waals surface area (Å²) in [6.45, 7) is 6.46. The summed E-state index contributed by atoms with van der Waals surface area (Å²) < 4.78 is 1.14. The quantitative estimate of drug-likeness (QED) is 0.764. The number of carbonyl (C=O) groups excluding carboxylic acids is 1. The minimum Gasteiger partial charge on any atom is -0.366 e. The zero-order valence-corrected chi connectivity index (χ0v) is 13.7. The lowest BCUT2D eigenvalue weighted by molar-refractivity contribution is 0.100. The molecule has 0 spiro atoms. The number of hydrogen-bond acceptors (Lipinski definition) is 3. The molecule has 0 saturated heterocycles. The smallest absolute Gasteiger partial charge is 0.249 e. The first kappa shape index (κ1) is 14.7. The number of benzene rings is 2. The Labute approximate surface area is 133 Å². The highest BCUT2D eigenvalue weighted by Gasteiger charge is 2.18. The van der Waals surface area contributed by atoms with Gasteiger partial charge in [0.15, 0.2) is 0 Å². The predicted octanol–water partition coefficient (Wildman–Crippen LogP) is 4.36. The molecule has 0 bridgehead atoms. The van der Waals surface area contributed by atoms with Gasteiger partial charge in [-0.3, -0.25) is 4.79 Å². The van der Waals surface area contributed by atoms with Crippen molar-refractivity contribution in [3.8, 4) is 11.1 Å². The molecule has 1 aromatic heterocycles. The van der Waals surface area contributed by atoms with Gasteiger partial charge in [-0.05, 0) is 46.4 Å². The van der Waals surface area contributed by atoms with E-state index in [9.17, 15) is 4.79 Å². The van der Waals surface area contributed by atoms with Crippen LogP contribution >= 0.6 is 11.3 Å². The topological polar surface area (TPSA) is 56.0 Å². The first-order valence-corrected chi connectivity index (χ1v) is 8.02. The Morgan fingerprint density at radius 3 is 2.59 bits per heavy atom. The van der Waals surface area contributed by atoms with E-state index in [1.165, 1.54) is 5.56 Å². The number of carbonyl (C=O) groups is 1. The van der Waals surface area contributed by atoms with Gasteiger partial charge in [0, 0.05) is 5.56 Å². The predicted molar refractivity (Wildman–Crippen MR) is 92.3 cm³/mol. The Balaban J connectivity index is 2.23. The molecule has 0 radical (unpaired) electrons. The van der Waals surface area contributed by atoms with Gasteiger partial charge in [0.2, 0.25) is 5.91 Å². The number of amides is 1. The summed E-state index contributed by atoms with van der Waals surface area (Å²) in [5.74, 6) is -0.408. The summed E-state index contributed by atoms with van der Waals surface area (Å²) in [5.41, 5.74) is 11.9. The maximum atomic E-state index is 11.8. The number of fused-ring (bicyclic) bond motifs is 1. The maximum absolute atomic E-state index is 11.8. The van der Waals surface area contributed by atoms with Crippen molar-refractivity contribution in [2.75, 3.05) is 0 Å². The van der Waals surface area contributed by atoms with Gasteiger partial charge in [-0.1, -0.05) is 32.9 Å². The molecule has 1 amide bonds. The van der Waals surface area contributed by atoms with E-state index >= 15 is 0 Å². The lowest BCUT2D eigenvalue weighted by Gasteiger charge is -2.21. The highest BCUT2D eigenvalue weighted by atomic mass is 32.1. The summed E-state index contributed by atoms with van der Waals surface area (Å²) in [5, 5.41) is 0. The van der Waals surface area contributed by atoms with Crippen molar-refractivity contribution in [1.29, 1.82) is 0 Å². The number of thiazole rings is 1. The molecule has 0 saturated carbocycles. The third-order valence-corrected chi connectivity index (χ3v) is 4.60. The molecule has 3 aromatic rings. The van der Waals surface area contributed by atoms with Crippen molar-refractivity contribution in [2.24, 2.45) is 5.73 Å². The van der Waals surface area contributed by atoms with Crippen LogP contribution in [0.2, 0.25) is 0 Å². The molecule has 3 rings (SSSR count). The summed E-state index contributed by atoms with van der Waals surface area (Å²) in [7, 11) is 0. The summed E-state index contributed by atoms with van der Waals surface area (Å²) in [6, 6.07) is 11.9. The van der Waals surface area contributed by atoms with E-state index in [0.29, 0.717) is 5.56 Å². The Kier molecular flexibility index (Phi) is 3.49. The van der Waals surface area contributed by atoms with E-state index in [1.807, 2.05) is 35.8 Å². The Morgan fingerprint density at radius 2 is 1.91 bits per heavy atom. The van der Waals surface area contributed by atoms with Crippen LogP contribution in [0.3, 0.4) is 0 Å². The number of nitrogens with zero attached hydrogens (tertiary/aromatic N) is 1. The average molecular weight is 310 g/mol. The lowest BCUT2D eigenvalue weighted by Crippen LogP contribution is -2.15. The first-order chi connectivity index (χ1) is 10.4. The van der Waals surface area contributed by atoms with Crippen molar-refractivity contribution in [1.82, 2.24) is 4.98 Å². The molecule has 0 aliphatic carbocycles. The second-order valence-corrected chi connectivity index (χ2v) is 7.30. The summed E-state index contributed by atoms with van der Waals surface area (Å²) >= 11 is 1.61. The normalized spacial score (nSPS) is 11.8. The zero-order chi connectivity index (χ0) is 15.9. The minimum absolute atomic E-state index is 0.00958. The molecule has 4 heteroatoms. The van der Waals surface area contributed by atoms with Gasteiger partial charge in [0.05, 0.1) is 15.7 Å². The van der Waals surface area contributed by atoms with Crippen LogP contribution in [-0.4, -0.2) is 10.9 Å². The molecule has 0 fully saturated rings. The lowest BCUT2D eigenvalue weighted by atomic mass is 9.84. The first-order valence-electron chi connectivity index (χ1n) is 7.14. The van der Waals surface area contributed by atoms with Crippen molar-refractivity contribution < 1.29 is 4.79 Å². The molecule has 3 nitrogen and oxygen atoms in total. The Morgan fingerprint density at radius 1 is 1.14 bits per heavy atom. The van der Waals surface area contributed by atoms with E-state index < -0.39 is 5.91 Å². The molecule has 112 valence electrons. The molecule has 0 unspecified atom stereocenters. The van der Waals surface area contributed by atoms with Crippen LogP contribution in [0, 0.1) is 0 Å². The van der Waals surface area contributed by atoms with Gasteiger partial charge in [-0.15, -0.1) is 11.3 Å². The molecule has 1 heterocycles. The van der Waals surface area contributed by atoms with Crippen LogP contribution in [0.15, 0.2) is 41.9 Å². The highest BCUT2D eigenvalue weighted by molar-refractivity contribution is 7.16. The Hall–Kier alpha value is -2.20. The van der Waals surface area contributed by atoms with E-state index in [1.54, 1.807) is 11.3 Å². The summed E-state index contributed by atoms with van der Waals surface area (Å²) in [6.07, 6.45) is 0. The van der Waals surface area contributed by atoms with Crippen LogP contribution in [0.5, 0.6) is 0 Å². The third-order valence-electron chi connectivity index (χ3n) is 3.79. The second kappa shape index (κ2) is 5.21. The number of rotatable bonds is 2. The van der Waals surface area contributed by atoms with E-state index in [0.717, 1.165) is 21.3 Å².